The van der Waals surface area contributed by atoms with E-state index in [0.717, 1.165) is 9.37 Å². The second-order valence-electron chi connectivity index (χ2n) is 4.46. The molecule has 0 saturated heterocycles. The lowest BCUT2D eigenvalue weighted by molar-refractivity contribution is 0.102. The van der Waals surface area contributed by atoms with Crippen molar-refractivity contribution in [2.24, 2.45) is 0 Å². The average Bonchev–Trinajstić information content (AvgIpc) is 2.45. The molecule has 0 aliphatic rings. The molecule has 0 aromatic heterocycles. The molecule has 0 aliphatic heterocycles. The zero-order valence-electron chi connectivity index (χ0n) is 11.2. The van der Waals surface area contributed by atoms with Crippen molar-refractivity contribution in [1.29, 1.82) is 0 Å². The Morgan fingerprint density at radius 2 is 1.62 bits per heavy atom. The van der Waals surface area contributed by atoms with Crippen molar-refractivity contribution in [1.82, 2.24) is 0 Å². The molecule has 0 spiro atoms. The lowest BCUT2D eigenvalue weighted by atomic mass is 10.2. The number of thioether (sulfide) groups is 1. The minimum Gasteiger partial charge on any atom is -0.293 e. The molecule has 0 N–H and O–H groups in total. The fourth-order valence-electron chi connectivity index (χ4n) is 1.65. The van der Waals surface area contributed by atoms with Gasteiger partial charge in [0, 0.05) is 21.2 Å². The van der Waals surface area contributed by atoms with Gasteiger partial charge < -0.3 is 0 Å². The molecule has 2 aromatic carbocycles. The van der Waals surface area contributed by atoms with Gasteiger partial charge in [-0.15, -0.1) is 11.8 Å². The number of carbonyl (C=O) groups is 1. The number of ketones is 1. The third-order valence-electron chi connectivity index (χ3n) is 2.79. The number of hydrogen-bond acceptors (Lipinski definition) is 4. The summed E-state index contributed by atoms with van der Waals surface area (Å²) >= 11 is 4.72. The van der Waals surface area contributed by atoms with Gasteiger partial charge in [0.25, 0.3) is 0 Å². The van der Waals surface area contributed by atoms with E-state index in [2.05, 4.69) is 15.9 Å². The van der Waals surface area contributed by atoms with E-state index >= 15 is 0 Å². The van der Waals surface area contributed by atoms with E-state index in [1.54, 1.807) is 36.4 Å². The number of rotatable bonds is 5. The van der Waals surface area contributed by atoms with Crippen LogP contribution in [-0.2, 0) is 9.84 Å². The van der Waals surface area contributed by atoms with Gasteiger partial charge in [0.2, 0.25) is 0 Å². The van der Waals surface area contributed by atoms with E-state index in [4.69, 9.17) is 0 Å². The Morgan fingerprint density at radius 3 is 2.14 bits per heavy atom. The highest BCUT2D eigenvalue weighted by molar-refractivity contribution is 9.10. The molecule has 21 heavy (non-hydrogen) atoms. The zero-order valence-corrected chi connectivity index (χ0v) is 14.5. The van der Waals surface area contributed by atoms with Crippen LogP contribution in [0, 0.1) is 0 Å². The minimum absolute atomic E-state index is 0.0414. The fraction of sp³-hybridized carbons (Fsp3) is 0.133. The van der Waals surface area contributed by atoms with E-state index in [9.17, 15) is 13.2 Å². The number of sulfone groups is 1. The maximum atomic E-state index is 12.0. The van der Waals surface area contributed by atoms with Crippen molar-refractivity contribution in [3.63, 3.8) is 0 Å². The third-order valence-corrected chi connectivity index (χ3v) is 5.46. The van der Waals surface area contributed by atoms with Crippen molar-refractivity contribution in [3.05, 3.63) is 58.6 Å². The molecule has 6 heteroatoms. The molecule has 0 amide bonds. The number of hydrogen-bond donors (Lipinski definition) is 0. The van der Waals surface area contributed by atoms with Crippen LogP contribution in [0.15, 0.2) is 62.8 Å². The average molecular weight is 385 g/mol. The zero-order chi connectivity index (χ0) is 15.5. The summed E-state index contributed by atoms with van der Waals surface area (Å²) in [6.07, 6.45) is 1.17. The summed E-state index contributed by atoms with van der Waals surface area (Å²) in [5.41, 5.74) is 0.665. The molecule has 0 unspecified atom stereocenters. The smallest absolute Gasteiger partial charge is 0.175 e. The highest BCUT2D eigenvalue weighted by Gasteiger charge is 2.09. The largest absolute Gasteiger partial charge is 0.293 e. The van der Waals surface area contributed by atoms with E-state index in [1.807, 2.05) is 12.1 Å². The van der Waals surface area contributed by atoms with Gasteiger partial charge in [-0.2, -0.15) is 0 Å². The van der Waals surface area contributed by atoms with Gasteiger partial charge >= 0.3 is 0 Å². The van der Waals surface area contributed by atoms with Gasteiger partial charge in [-0.25, -0.2) is 8.42 Å². The van der Waals surface area contributed by atoms with Crippen LogP contribution in [0.5, 0.6) is 0 Å². The molecular weight excluding hydrogens is 372 g/mol. The lowest BCUT2D eigenvalue weighted by Crippen LogP contribution is -2.02. The lowest BCUT2D eigenvalue weighted by Gasteiger charge is -2.03. The van der Waals surface area contributed by atoms with Crippen molar-refractivity contribution < 1.29 is 13.2 Å². The third kappa shape index (κ3) is 4.69. The molecule has 110 valence electrons. The number of benzene rings is 2. The van der Waals surface area contributed by atoms with E-state index in [1.165, 1.54) is 18.0 Å². The summed E-state index contributed by atoms with van der Waals surface area (Å²) in [6.45, 7) is 0. The summed E-state index contributed by atoms with van der Waals surface area (Å²) < 4.78 is 23.6. The molecule has 3 nitrogen and oxygen atoms in total. The standard InChI is InChI=1S/C15H13BrO3S2/c1-21(18,19)14-8-6-13(7-9-14)20-10-15(17)11-2-4-12(16)5-3-11/h2-9H,10H2,1H3. The van der Waals surface area contributed by atoms with Gasteiger partial charge in [-0.1, -0.05) is 28.1 Å². The maximum absolute atomic E-state index is 12.0. The van der Waals surface area contributed by atoms with Crippen molar-refractivity contribution in [2.45, 2.75) is 9.79 Å². The van der Waals surface area contributed by atoms with Gasteiger partial charge in [0.15, 0.2) is 15.6 Å². The second-order valence-corrected chi connectivity index (χ2v) is 8.44. The predicted octanol–water partition coefficient (Wildman–Crippen LogP) is 3.83. The molecule has 0 atom stereocenters. The normalized spacial score (nSPS) is 11.3. The Morgan fingerprint density at radius 1 is 1.05 bits per heavy atom. The minimum atomic E-state index is -3.18. The molecule has 0 bridgehead atoms. The molecule has 0 heterocycles. The first-order chi connectivity index (χ1) is 9.86. The quantitative estimate of drug-likeness (QED) is 0.580. The van der Waals surface area contributed by atoms with Gasteiger partial charge in [0.05, 0.1) is 10.6 Å². The van der Waals surface area contributed by atoms with Crippen LogP contribution in [-0.4, -0.2) is 26.2 Å². The van der Waals surface area contributed by atoms with Crippen LogP contribution in [0.3, 0.4) is 0 Å². The van der Waals surface area contributed by atoms with Crippen LogP contribution >= 0.6 is 27.7 Å². The molecule has 0 fully saturated rings. The van der Waals surface area contributed by atoms with Crippen molar-refractivity contribution in [2.75, 3.05) is 12.0 Å². The highest BCUT2D eigenvalue weighted by atomic mass is 79.9. The summed E-state index contributed by atoms with van der Waals surface area (Å²) in [4.78, 5) is 13.2. The SMILES string of the molecule is CS(=O)(=O)c1ccc(SCC(=O)c2ccc(Br)cc2)cc1. The molecule has 0 aliphatic carbocycles. The molecule has 2 aromatic rings. The van der Waals surface area contributed by atoms with Gasteiger partial charge in [-0.05, 0) is 36.4 Å². The summed E-state index contributed by atoms with van der Waals surface area (Å²) in [5, 5.41) is 0. The monoisotopic (exact) mass is 384 g/mol. The Bertz CT molecular complexity index is 735. The van der Waals surface area contributed by atoms with Crippen LogP contribution in [0.1, 0.15) is 10.4 Å². The highest BCUT2D eigenvalue weighted by Crippen LogP contribution is 2.21. The Balaban J connectivity index is 2.00. The van der Waals surface area contributed by atoms with Crippen LogP contribution in [0.4, 0.5) is 0 Å². The Kier molecular flexibility index (Phi) is 5.24. The first-order valence-electron chi connectivity index (χ1n) is 6.08. The Hall–Kier alpha value is -1.11. The van der Waals surface area contributed by atoms with E-state index in [0.29, 0.717) is 11.3 Å². The summed E-state index contributed by atoms with van der Waals surface area (Å²) in [5.74, 6) is 0.361. The molecule has 0 saturated carbocycles. The van der Waals surface area contributed by atoms with Crippen LogP contribution < -0.4 is 0 Å². The van der Waals surface area contributed by atoms with Crippen molar-refractivity contribution in [3.8, 4) is 0 Å². The van der Waals surface area contributed by atoms with Crippen LogP contribution in [0.2, 0.25) is 0 Å². The molecule has 2 rings (SSSR count). The van der Waals surface area contributed by atoms with Crippen LogP contribution in [0.25, 0.3) is 0 Å². The second kappa shape index (κ2) is 6.77. The first-order valence-corrected chi connectivity index (χ1v) is 9.75. The predicted molar refractivity (Wildman–Crippen MR) is 88.7 cm³/mol. The van der Waals surface area contributed by atoms with E-state index < -0.39 is 9.84 Å². The fourth-order valence-corrected chi connectivity index (χ4v) is 3.34. The van der Waals surface area contributed by atoms with Crippen molar-refractivity contribution >= 4 is 43.3 Å². The van der Waals surface area contributed by atoms with E-state index in [-0.39, 0.29) is 10.7 Å². The van der Waals surface area contributed by atoms with Gasteiger partial charge in [-0.3, -0.25) is 4.79 Å². The Labute approximate surface area is 136 Å². The number of halogens is 1. The molecule has 0 radical (unpaired) electrons. The topological polar surface area (TPSA) is 51.2 Å². The number of Topliss-reactive ketones (excluding diaryl/α,β-unsaturated/α-hetero) is 1. The molecular formula is C15H13BrO3S2. The maximum Gasteiger partial charge on any atom is 0.175 e. The van der Waals surface area contributed by atoms with Gasteiger partial charge in [0.1, 0.15) is 0 Å². The summed E-state index contributed by atoms with van der Waals surface area (Å²) in [6, 6.07) is 13.8. The first kappa shape index (κ1) is 16.3. The number of carbonyl (C=O) groups excluding carboxylic acids is 1. The summed E-state index contributed by atoms with van der Waals surface area (Å²) in [7, 11) is -3.18.